The van der Waals surface area contributed by atoms with E-state index in [0.29, 0.717) is 0 Å². The van der Waals surface area contributed by atoms with Crippen molar-refractivity contribution in [2.75, 3.05) is 0 Å². The Balaban J connectivity index is 2.30. The molecule has 0 aliphatic carbocycles. The van der Waals surface area contributed by atoms with Crippen LogP contribution in [-0.4, -0.2) is 10.3 Å². The maximum atomic E-state index is 5.43. The van der Waals surface area contributed by atoms with Gasteiger partial charge in [0.25, 0.3) is 0 Å². The van der Waals surface area contributed by atoms with E-state index < -0.39 is 0 Å². The van der Waals surface area contributed by atoms with Gasteiger partial charge >= 0.3 is 0 Å². The fraction of sp³-hybridized carbons (Fsp3) is 0.429. The van der Waals surface area contributed by atoms with Crippen LogP contribution in [0.15, 0.2) is 24.4 Å². The lowest BCUT2D eigenvalue weighted by atomic mass is 10.4. The van der Waals surface area contributed by atoms with Gasteiger partial charge in [-0.05, 0) is 25.3 Å². The van der Waals surface area contributed by atoms with Crippen LogP contribution in [0.3, 0.4) is 0 Å². The van der Waals surface area contributed by atoms with Gasteiger partial charge in [0.15, 0.2) is 0 Å². The molecule has 1 heterocycles. The second-order valence-electron chi connectivity index (χ2n) is 2.01. The van der Waals surface area contributed by atoms with Crippen LogP contribution < -0.4 is 5.32 Å². The van der Waals surface area contributed by atoms with Gasteiger partial charge in [0, 0.05) is 0 Å². The molecule has 0 aromatic rings. The van der Waals surface area contributed by atoms with Gasteiger partial charge in [-0.1, -0.05) is 28.7 Å². The zero-order valence-electron chi connectivity index (χ0n) is 5.75. The van der Waals surface area contributed by atoms with Crippen LogP contribution in [0.5, 0.6) is 0 Å². The summed E-state index contributed by atoms with van der Waals surface area (Å²) in [6.07, 6.45) is 7.83. The highest BCUT2D eigenvalue weighted by Gasteiger charge is 2.05. The third kappa shape index (κ3) is 2.70. The molecule has 2 nitrogen and oxygen atoms in total. The molecule has 0 amide bonds. The maximum Gasteiger partial charge on any atom is 0.148 e. The zero-order valence-corrected chi connectivity index (χ0v) is 7.91. The fourth-order valence-electron chi connectivity index (χ4n) is 0.713. The van der Waals surface area contributed by atoms with E-state index >= 15 is 0 Å². The Bertz CT molecular complexity index is 154. The van der Waals surface area contributed by atoms with Crippen molar-refractivity contribution in [2.24, 2.45) is 0 Å². The number of ether oxygens (including phenoxy) is 1. The van der Waals surface area contributed by atoms with Crippen molar-refractivity contribution >= 4 is 22.6 Å². The van der Waals surface area contributed by atoms with Gasteiger partial charge in [-0.15, -0.1) is 0 Å². The minimum atomic E-state index is 0.0527. The predicted molar refractivity (Wildman–Crippen MR) is 49.8 cm³/mol. The Labute approximate surface area is 74.5 Å². The van der Waals surface area contributed by atoms with E-state index in [4.69, 9.17) is 4.74 Å². The van der Waals surface area contributed by atoms with Crippen LogP contribution in [0.1, 0.15) is 6.92 Å². The molecule has 2 atom stereocenters. The third-order valence-electron chi connectivity index (χ3n) is 1.09. The standard InChI is InChI=1S/C7H10INO/c1-6(8)10-7-4-2-3-5-9-7/h2-7,9H,1H3. The van der Waals surface area contributed by atoms with Gasteiger partial charge in [-0.2, -0.15) is 0 Å². The largest absolute Gasteiger partial charge is 0.363 e. The molecule has 0 saturated heterocycles. The summed E-state index contributed by atoms with van der Waals surface area (Å²) in [7, 11) is 0. The molecule has 0 aromatic heterocycles. The second kappa shape index (κ2) is 3.98. The first-order chi connectivity index (χ1) is 4.79. The first-order valence-corrected chi connectivity index (χ1v) is 4.42. The molecular formula is C7H10INO. The SMILES string of the molecule is CC(I)OC1C=CC=CN1. The average Bonchev–Trinajstić information content (AvgIpc) is 1.88. The van der Waals surface area contributed by atoms with Crippen LogP contribution in [0.2, 0.25) is 0 Å². The number of nitrogens with one attached hydrogen (secondary N) is 1. The van der Waals surface area contributed by atoms with Crippen molar-refractivity contribution in [2.45, 2.75) is 17.3 Å². The minimum absolute atomic E-state index is 0.0527. The van der Waals surface area contributed by atoms with Crippen molar-refractivity contribution in [3.05, 3.63) is 24.4 Å². The number of dihydropyridines is 1. The van der Waals surface area contributed by atoms with Crippen LogP contribution >= 0.6 is 22.6 Å². The first kappa shape index (κ1) is 8.07. The highest BCUT2D eigenvalue weighted by atomic mass is 127. The van der Waals surface area contributed by atoms with E-state index in [0.717, 1.165) is 0 Å². The normalized spacial score (nSPS) is 26.0. The number of hydrogen-bond donors (Lipinski definition) is 1. The van der Waals surface area contributed by atoms with Crippen LogP contribution in [0.4, 0.5) is 0 Å². The summed E-state index contributed by atoms with van der Waals surface area (Å²) in [5, 5.41) is 3.06. The lowest BCUT2D eigenvalue weighted by Crippen LogP contribution is -2.28. The number of alkyl halides is 1. The van der Waals surface area contributed by atoms with Gasteiger partial charge in [0.1, 0.15) is 10.3 Å². The lowest BCUT2D eigenvalue weighted by molar-refractivity contribution is 0.0703. The van der Waals surface area contributed by atoms with Gasteiger partial charge in [0.05, 0.1) is 0 Å². The molecule has 0 aromatic carbocycles. The summed E-state index contributed by atoms with van der Waals surface area (Å²) in [4.78, 5) is 0. The molecule has 10 heavy (non-hydrogen) atoms. The first-order valence-electron chi connectivity index (χ1n) is 3.18. The average molecular weight is 251 g/mol. The summed E-state index contributed by atoms with van der Waals surface area (Å²) in [5.41, 5.74) is 0. The molecule has 0 saturated carbocycles. The maximum absolute atomic E-state index is 5.43. The van der Waals surface area contributed by atoms with E-state index in [1.54, 1.807) is 0 Å². The predicted octanol–water partition coefficient (Wildman–Crippen LogP) is 1.78. The fourth-order valence-corrected chi connectivity index (χ4v) is 1.03. The van der Waals surface area contributed by atoms with Gasteiger partial charge in [-0.3, -0.25) is 0 Å². The molecule has 1 rings (SSSR count). The highest BCUT2D eigenvalue weighted by molar-refractivity contribution is 14.1. The Morgan fingerprint density at radius 2 is 2.40 bits per heavy atom. The van der Waals surface area contributed by atoms with Crippen molar-refractivity contribution in [1.29, 1.82) is 0 Å². The topological polar surface area (TPSA) is 21.3 Å². The molecule has 1 aliphatic heterocycles. The summed E-state index contributed by atoms with van der Waals surface area (Å²) in [6, 6.07) is 0. The van der Waals surface area contributed by atoms with E-state index in [1.807, 2.05) is 31.4 Å². The second-order valence-corrected chi connectivity index (χ2v) is 3.76. The Morgan fingerprint density at radius 1 is 1.60 bits per heavy atom. The summed E-state index contributed by atoms with van der Waals surface area (Å²) in [6.45, 7) is 2.01. The molecule has 1 aliphatic rings. The molecule has 56 valence electrons. The molecule has 0 fully saturated rings. The zero-order chi connectivity index (χ0) is 7.40. The molecular weight excluding hydrogens is 241 g/mol. The van der Waals surface area contributed by atoms with Crippen molar-refractivity contribution in [3.8, 4) is 0 Å². The van der Waals surface area contributed by atoms with Crippen molar-refractivity contribution < 1.29 is 4.74 Å². The molecule has 3 heteroatoms. The molecule has 0 bridgehead atoms. The third-order valence-corrected chi connectivity index (χ3v) is 1.38. The summed E-state index contributed by atoms with van der Waals surface area (Å²) >= 11 is 2.22. The molecule has 2 unspecified atom stereocenters. The summed E-state index contributed by atoms with van der Waals surface area (Å²) in [5.74, 6) is 0. The number of halogens is 1. The van der Waals surface area contributed by atoms with Crippen molar-refractivity contribution in [1.82, 2.24) is 5.32 Å². The van der Waals surface area contributed by atoms with Gasteiger partial charge in [0.2, 0.25) is 0 Å². The van der Waals surface area contributed by atoms with E-state index in [1.165, 1.54) is 0 Å². The molecule has 0 radical (unpaired) electrons. The van der Waals surface area contributed by atoms with Crippen LogP contribution in [0.25, 0.3) is 0 Å². The van der Waals surface area contributed by atoms with Gasteiger partial charge in [-0.25, -0.2) is 0 Å². The Hall–Kier alpha value is -0.0300. The van der Waals surface area contributed by atoms with E-state index in [-0.39, 0.29) is 10.3 Å². The lowest BCUT2D eigenvalue weighted by Gasteiger charge is -2.17. The number of hydrogen-bond acceptors (Lipinski definition) is 2. The quantitative estimate of drug-likeness (QED) is 0.596. The van der Waals surface area contributed by atoms with Crippen molar-refractivity contribution in [3.63, 3.8) is 0 Å². The number of rotatable bonds is 2. The van der Waals surface area contributed by atoms with E-state index in [2.05, 4.69) is 27.9 Å². The number of allylic oxidation sites excluding steroid dienone is 2. The highest BCUT2D eigenvalue weighted by Crippen LogP contribution is 2.06. The minimum Gasteiger partial charge on any atom is -0.363 e. The van der Waals surface area contributed by atoms with Crippen LogP contribution in [-0.2, 0) is 4.74 Å². The summed E-state index contributed by atoms with van der Waals surface area (Å²) < 4.78 is 5.67. The molecule has 0 spiro atoms. The van der Waals surface area contributed by atoms with E-state index in [9.17, 15) is 0 Å². The Kier molecular flexibility index (Phi) is 3.21. The smallest absolute Gasteiger partial charge is 0.148 e. The molecule has 1 N–H and O–H groups in total. The van der Waals surface area contributed by atoms with Gasteiger partial charge < -0.3 is 10.1 Å². The Morgan fingerprint density at radius 3 is 2.90 bits per heavy atom. The monoisotopic (exact) mass is 251 g/mol. The van der Waals surface area contributed by atoms with Crippen LogP contribution in [0, 0.1) is 0 Å².